The fourth-order valence-electron chi connectivity index (χ4n) is 2.91. The van der Waals surface area contributed by atoms with E-state index in [2.05, 4.69) is 10.9 Å². The largest absolute Gasteiger partial charge is 0.418 e. The molecule has 0 aliphatic carbocycles. The molecule has 3 rings (SSSR count). The van der Waals surface area contributed by atoms with Gasteiger partial charge >= 0.3 is 6.18 Å². The highest BCUT2D eigenvalue weighted by Gasteiger charge is 2.33. The quantitative estimate of drug-likeness (QED) is 0.822. The molecular formula is C18H16F3N3O2. The molecule has 0 aromatic heterocycles. The number of fused-ring (bicyclic) bond motifs is 1. The molecule has 2 N–H and O–H groups in total. The first-order chi connectivity index (χ1) is 12.3. The number of rotatable bonds is 3. The lowest BCUT2D eigenvalue weighted by atomic mass is 10.1. The molecule has 0 spiro atoms. The van der Waals surface area contributed by atoms with Crippen molar-refractivity contribution >= 4 is 23.2 Å². The predicted octanol–water partition coefficient (Wildman–Crippen LogP) is 3.37. The minimum atomic E-state index is -4.53. The summed E-state index contributed by atoms with van der Waals surface area (Å²) in [4.78, 5) is 25.4. The fraction of sp³-hybridized carbons (Fsp3) is 0.222. The van der Waals surface area contributed by atoms with Crippen molar-refractivity contribution in [2.24, 2.45) is 0 Å². The maximum absolute atomic E-state index is 13.0. The number of nitrogens with one attached hydrogen (secondary N) is 2. The minimum absolute atomic E-state index is 0.0774. The number of alkyl halides is 3. The SMILES string of the molecule is CC(=O)N1CCc2cc(C(=O)NNc3ccccc3C(F)(F)F)ccc21. The molecule has 1 heterocycles. The first-order valence-corrected chi connectivity index (χ1v) is 7.91. The van der Waals surface area contributed by atoms with E-state index in [9.17, 15) is 22.8 Å². The summed E-state index contributed by atoms with van der Waals surface area (Å²) in [6.07, 6.45) is -3.90. The third-order valence-electron chi connectivity index (χ3n) is 4.16. The summed E-state index contributed by atoms with van der Waals surface area (Å²) in [5, 5.41) is 0. The number of halogens is 3. The summed E-state index contributed by atoms with van der Waals surface area (Å²) in [5.74, 6) is -0.641. The van der Waals surface area contributed by atoms with Crippen LogP contribution in [0.2, 0.25) is 0 Å². The van der Waals surface area contributed by atoms with Gasteiger partial charge in [0.05, 0.1) is 11.3 Å². The second-order valence-corrected chi connectivity index (χ2v) is 5.89. The second-order valence-electron chi connectivity index (χ2n) is 5.89. The van der Waals surface area contributed by atoms with Crippen molar-refractivity contribution in [1.29, 1.82) is 0 Å². The van der Waals surface area contributed by atoms with Crippen LogP contribution in [-0.2, 0) is 17.4 Å². The molecule has 136 valence electrons. The molecule has 26 heavy (non-hydrogen) atoms. The van der Waals surface area contributed by atoms with Gasteiger partial charge in [0.15, 0.2) is 0 Å². The maximum atomic E-state index is 13.0. The van der Waals surface area contributed by atoms with Crippen molar-refractivity contribution in [3.8, 4) is 0 Å². The monoisotopic (exact) mass is 363 g/mol. The molecule has 0 radical (unpaired) electrons. The zero-order valence-corrected chi connectivity index (χ0v) is 13.9. The van der Waals surface area contributed by atoms with Crippen molar-refractivity contribution in [3.63, 3.8) is 0 Å². The Labute approximate surface area is 147 Å². The van der Waals surface area contributed by atoms with Gasteiger partial charge in [-0.3, -0.25) is 20.4 Å². The Kier molecular flexibility index (Phi) is 4.58. The summed E-state index contributed by atoms with van der Waals surface area (Å²) in [7, 11) is 0. The number of carbonyl (C=O) groups excluding carboxylic acids is 2. The molecule has 5 nitrogen and oxygen atoms in total. The summed E-state index contributed by atoms with van der Waals surface area (Å²) < 4.78 is 38.9. The average Bonchev–Trinajstić information content (AvgIpc) is 3.02. The Morgan fingerprint density at radius 1 is 1.12 bits per heavy atom. The van der Waals surface area contributed by atoms with Crippen LogP contribution in [0.5, 0.6) is 0 Å². The lowest BCUT2D eigenvalue weighted by molar-refractivity contribution is -0.137. The van der Waals surface area contributed by atoms with Crippen molar-refractivity contribution < 1.29 is 22.8 Å². The van der Waals surface area contributed by atoms with Gasteiger partial charge in [0.25, 0.3) is 5.91 Å². The number of amides is 2. The van der Waals surface area contributed by atoms with E-state index >= 15 is 0 Å². The molecule has 2 amide bonds. The molecule has 0 atom stereocenters. The highest BCUT2D eigenvalue weighted by Crippen LogP contribution is 2.34. The Bertz CT molecular complexity index is 865. The normalized spacial score (nSPS) is 13.3. The minimum Gasteiger partial charge on any atom is -0.312 e. The highest BCUT2D eigenvalue weighted by molar-refractivity contribution is 5.98. The number of hydrogen-bond donors (Lipinski definition) is 2. The summed E-state index contributed by atoms with van der Waals surface area (Å²) in [6, 6.07) is 9.73. The molecule has 8 heteroatoms. The molecular weight excluding hydrogens is 347 g/mol. The van der Waals surface area contributed by atoms with Crippen LogP contribution < -0.4 is 15.8 Å². The number of hydrogen-bond acceptors (Lipinski definition) is 3. The third kappa shape index (κ3) is 3.49. The zero-order valence-electron chi connectivity index (χ0n) is 13.9. The maximum Gasteiger partial charge on any atom is 0.418 e. The van der Waals surface area contributed by atoms with Gasteiger partial charge in [0.2, 0.25) is 5.91 Å². The Morgan fingerprint density at radius 2 is 1.85 bits per heavy atom. The molecule has 2 aromatic carbocycles. The average molecular weight is 363 g/mol. The van der Waals surface area contributed by atoms with Gasteiger partial charge in [-0.1, -0.05) is 12.1 Å². The van der Waals surface area contributed by atoms with E-state index < -0.39 is 17.6 Å². The molecule has 0 unspecified atom stereocenters. The molecule has 0 saturated carbocycles. The van der Waals surface area contributed by atoms with Crippen molar-refractivity contribution in [1.82, 2.24) is 5.43 Å². The van der Waals surface area contributed by atoms with Crippen LogP contribution in [0.15, 0.2) is 42.5 Å². The van der Waals surface area contributed by atoms with Crippen molar-refractivity contribution in [3.05, 3.63) is 59.2 Å². The Morgan fingerprint density at radius 3 is 2.54 bits per heavy atom. The van der Waals surface area contributed by atoms with E-state index in [1.807, 2.05) is 0 Å². The van der Waals surface area contributed by atoms with Crippen LogP contribution in [0, 0.1) is 0 Å². The number of hydrazine groups is 1. The molecule has 1 aliphatic heterocycles. The van der Waals surface area contributed by atoms with E-state index in [1.54, 1.807) is 17.0 Å². The van der Waals surface area contributed by atoms with E-state index in [1.165, 1.54) is 31.2 Å². The highest BCUT2D eigenvalue weighted by atomic mass is 19.4. The number of carbonyl (C=O) groups is 2. The van der Waals surface area contributed by atoms with Gasteiger partial charge in [-0.25, -0.2) is 0 Å². The van der Waals surface area contributed by atoms with E-state index in [4.69, 9.17) is 0 Å². The van der Waals surface area contributed by atoms with Crippen LogP contribution >= 0.6 is 0 Å². The molecule has 0 fully saturated rings. The third-order valence-corrected chi connectivity index (χ3v) is 4.16. The van der Waals surface area contributed by atoms with Crippen LogP contribution in [0.4, 0.5) is 24.5 Å². The van der Waals surface area contributed by atoms with Gasteiger partial charge in [-0.05, 0) is 42.3 Å². The smallest absolute Gasteiger partial charge is 0.312 e. The first-order valence-electron chi connectivity index (χ1n) is 7.91. The van der Waals surface area contributed by atoms with E-state index in [-0.39, 0.29) is 11.6 Å². The number of benzene rings is 2. The summed E-state index contributed by atoms with van der Waals surface area (Å²) in [6.45, 7) is 2.02. The molecule has 1 aliphatic rings. The van der Waals surface area contributed by atoms with Gasteiger partial charge in [-0.15, -0.1) is 0 Å². The molecule has 0 saturated heterocycles. The molecule has 2 aromatic rings. The lowest BCUT2D eigenvalue weighted by Crippen LogP contribution is -2.30. The van der Waals surface area contributed by atoms with Gasteiger partial charge in [0, 0.05) is 24.7 Å². The second kappa shape index (κ2) is 6.70. The van der Waals surface area contributed by atoms with Gasteiger partial charge in [-0.2, -0.15) is 13.2 Å². The summed E-state index contributed by atoms with van der Waals surface area (Å²) in [5.41, 5.74) is 5.41. The standard InChI is InChI=1S/C18H16F3N3O2/c1-11(25)24-9-8-12-10-13(6-7-16(12)24)17(26)23-22-15-5-3-2-4-14(15)18(19,20)21/h2-7,10,22H,8-9H2,1H3,(H,23,26). The van der Waals surface area contributed by atoms with Crippen LogP contribution in [0.1, 0.15) is 28.4 Å². The number of anilines is 2. The summed E-state index contributed by atoms with van der Waals surface area (Å²) >= 11 is 0. The predicted molar refractivity (Wildman–Crippen MR) is 90.7 cm³/mol. The van der Waals surface area contributed by atoms with Crippen LogP contribution in [0.3, 0.4) is 0 Å². The van der Waals surface area contributed by atoms with Crippen molar-refractivity contribution in [2.75, 3.05) is 16.9 Å². The van der Waals surface area contributed by atoms with Gasteiger partial charge in [0.1, 0.15) is 0 Å². The van der Waals surface area contributed by atoms with Crippen molar-refractivity contribution in [2.45, 2.75) is 19.5 Å². The van der Waals surface area contributed by atoms with E-state index in [0.29, 0.717) is 18.5 Å². The Balaban J connectivity index is 1.74. The topological polar surface area (TPSA) is 61.4 Å². The first kappa shape index (κ1) is 17.8. The number of nitrogens with zero attached hydrogens (tertiary/aromatic N) is 1. The fourth-order valence-corrected chi connectivity index (χ4v) is 2.91. The van der Waals surface area contributed by atoms with Gasteiger partial charge < -0.3 is 4.90 Å². The van der Waals surface area contributed by atoms with Crippen LogP contribution in [-0.4, -0.2) is 18.4 Å². The Hall–Kier alpha value is -3.03. The lowest BCUT2D eigenvalue weighted by Gasteiger charge is -2.16. The van der Waals surface area contributed by atoms with Crippen LogP contribution in [0.25, 0.3) is 0 Å². The van der Waals surface area contributed by atoms with E-state index in [0.717, 1.165) is 17.3 Å². The zero-order chi connectivity index (χ0) is 18.9. The number of para-hydroxylation sites is 1. The molecule has 0 bridgehead atoms.